The van der Waals surface area contributed by atoms with Crippen LogP contribution in [0.15, 0.2) is 0 Å². The average molecular weight is 299 g/mol. The van der Waals surface area contributed by atoms with Crippen molar-refractivity contribution in [2.75, 3.05) is 0 Å². The Morgan fingerprint density at radius 1 is 0.812 bits per heavy atom. The van der Waals surface area contributed by atoms with Crippen LogP contribution in [0.1, 0.15) is 2.85 Å². The number of nitrogens with zero attached hydrogens (tertiary/aromatic N) is 2. The molecule has 13 N–H and O–H groups in total. The smallest absolute Gasteiger partial charge is 1.00 e. The summed E-state index contributed by atoms with van der Waals surface area (Å²) in [5.74, 6) is 0. The second kappa shape index (κ2) is 76.6. The zero-order valence-electron chi connectivity index (χ0n) is 10.1. The normalized spacial score (nSPS) is 3.00. The first-order chi connectivity index (χ1) is 3.46. The minimum atomic E-state index is -1.75. The summed E-state index contributed by atoms with van der Waals surface area (Å²) >= 11 is 0. The molecule has 0 unspecified atom stereocenters. The maximum Gasteiger partial charge on any atom is 2.00 e. The Morgan fingerprint density at radius 2 is 0.812 bits per heavy atom. The summed E-state index contributed by atoms with van der Waals surface area (Å²) in [5, 5.41) is 28.4. The molecule has 0 aliphatic heterocycles. The van der Waals surface area contributed by atoms with Crippen molar-refractivity contribution in [3.05, 3.63) is 25.4 Å². The topological polar surface area (TPSA) is 319 Å². The molecular weight excluding hydrogens is 283 g/mol. The molecule has 0 aliphatic rings. The fraction of sp³-hybridized carbons (Fsp3) is 0. The van der Waals surface area contributed by atoms with Gasteiger partial charge in [-0.2, -0.15) is 0 Å². The van der Waals surface area contributed by atoms with E-state index < -0.39 is 10.2 Å². The van der Waals surface area contributed by atoms with Gasteiger partial charge in [0.15, 0.2) is 0 Å². The summed E-state index contributed by atoms with van der Waals surface area (Å²) < 4.78 is 0. The molecule has 14 nitrogen and oxygen atoms in total. The van der Waals surface area contributed by atoms with Crippen LogP contribution in [-0.4, -0.2) is 71.3 Å². The van der Waals surface area contributed by atoms with E-state index in [1.54, 1.807) is 0 Å². The number of hydrogen-bond acceptors (Lipinski definition) is 5. The van der Waals surface area contributed by atoms with Crippen molar-refractivity contribution < 1.29 is 102 Å². The Hall–Kier alpha value is 0.563. The van der Waals surface area contributed by atoms with E-state index in [1.807, 2.05) is 0 Å². The average Bonchev–Trinajstić information content (AvgIpc) is 1.25. The summed E-state index contributed by atoms with van der Waals surface area (Å²) in [7, 11) is 0. The Bertz CT molecular complexity index is 86.1. The van der Waals surface area contributed by atoms with Crippen molar-refractivity contribution in [2.45, 2.75) is 0 Å². The number of hydrogen-bond donors (Lipinski definition) is 1. The number of rotatable bonds is 0. The SMILES string of the molecule is O.O.O.O.O.O.O=[N+]([O-])O.O=[N+]([O-])[O-].[H-].[H-].[K+].[Mg+2]. The van der Waals surface area contributed by atoms with Gasteiger partial charge in [-0.1, -0.05) is 0 Å². The zero-order chi connectivity index (χ0) is 7.15. The van der Waals surface area contributed by atoms with Crippen LogP contribution < -0.4 is 51.4 Å². The van der Waals surface area contributed by atoms with Crippen LogP contribution >= 0.6 is 0 Å². The van der Waals surface area contributed by atoms with Gasteiger partial charge in [-0.25, -0.2) is 0 Å². The van der Waals surface area contributed by atoms with Crippen LogP contribution in [0.25, 0.3) is 0 Å². The fourth-order valence-electron chi connectivity index (χ4n) is 0. The van der Waals surface area contributed by atoms with Crippen LogP contribution in [0.2, 0.25) is 0 Å². The van der Waals surface area contributed by atoms with Crippen LogP contribution in [-0.2, 0) is 0 Å². The van der Waals surface area contributed by atoms with Gasteiger partial charge in [0.25, 0.3) is 5.09 Å². The summed E-state index contributed by atoms with van der Waals surface area (Å²) in [6, 6.07) is 0. The van der Waals surface area contributed by atoms with Gasteiger partial charge in [0.2, 0.25) is 0 Å². The van der Waals surface area contributed by atoms with E-state index in [4.69, 9.17) is 30.6 Å². The molecule has 0 aliphatic carbocycles. The van der Waals surface area contributed by atoms with E-state index in [1.165, 1.54) is 0 Å². The molecule has 0 saturated heterocycles. The van der Waals surface area contributed by atoms with E-state index in [0.717, 1.165) is 0 Å². The van der Waals surface area contributed by atoms with E-state index in [-0.39, 0.29) is 110 Å². The Kier molecular flexibility index (Phi) is 446. The summed E-state index contributed by atoms with van der Waals surface area (Å²) in [4.78, 5) is 16.6. The second-order valence-electron chi connectivity index (χ2n) is 0.461. The standard InChI is InChI=1S/K.Mg.HNO3.NO3.6H2O.2H/c;;2*2-1(3)4;;;;;;;;/h;;(H,2,3,4);;6*1H2;;/q+1;+2;;-1;;;;;;;2*-1. The largest absolute Gasteiger partial charge is 2.00 e. The van der Waals surface area contributed by atoms with Crippen molar-refractivity contribution in [1.82, 2.24) is 0 Å². The predicted octanol–water partition coefficient (Wildman–Crippen LogP) is -8.69. The zero-order valence-corrected chi connectivity index (χ0v) is 12.6. The van der Waals surface area contributed by atoms with Crippen molar-refractivity contribution >= 4 is 23.1 Å². The summed E-state index contributed by atoms with van der Waals surface area (Å²) in [6.45, 7) is 0. The molecule has 0 radical (unpaired) electrons. The Balaban J connectivity index is -0.00000000257. The summed E-state index contributed by atoms with van der Waals surface area (Å²) in [5.41, 5.74) is 0. The maximum atomic E-state index is 8.36. The minimum Gasteiger partial charge on any atom is -1.00 e. The molecule has 16 heavy (non-hydrogen) atoms. The third kappa shape index (κ3) is 8460. The van der Waals surface area contributed by atoms with Gasteiger partial charge in [0.05, 0.1) is 5.09 Å². The molecule has 0 aromatic heterocycles. The van der Waals surface area contributed by atoms with Gasteiger partial charge in [0, 0.05) is 0 Å². The molecular formula is H15KMgN2O12. The molecule has 0 bridgehead atoms. The maximum absolute atomic E-state index is 8.36. The first kappa shape index (κ1) is 93.1. The van der Waals surface area contributed by atoms with Crippen LogP contribution in [0.5, 0.6) is 0 Å². The van der Waals surface area contributed by atoms with Crippen molar-refractivity contribution in [2.24, 2.45) is 0 Å². The van der Waals surface area contributed by atoms with E-state index in [2.05, 4.69) is 0 Å². The van der Waals surface area contributed by atoms with Gasteiger partial charge in [-0.15, -0.1) is 10.1 Å². The molecule has 0 aromatic carbocycles. The van der Waals surface area contributed by atoms with Gasteiger partial charge in [0.1, 0.15) is 0 Å². The van der Waals surface area contributed by atoms with E-state index in [9.17, 15) is 0 Å². The first-order valence-corrected chi connectivity index (χ1v) is 1.11. The summed E-state index contributed by atoms with van der Waals surface area (Å²) in [6.07, 6.45) is 0. The molecule has 0 saturated carbocycles. The molecule has 16 heteroatoms. The van der Waals surface area contributed by atoms with E-state index in [0.29, 0.717) is 0 Å². The molecule has 0 spiro atoms. The van der Waals surface area contributed by atoms with Gasteiger partial charge in [-0.05, 0) is 0 Å². The van der Waals surface area contributed by atoms with E-state index >= 15 is 0 Å². The third-order valence-corrected chi connectivity index (χ3v) is 0. The first-order valence-electron chi connectivity index (χ1n) is 1.11. The van der Waals surface area contributed by atoms with Crippen molar-refractivity contribution in [3.63, 3.8) is 0 Å². The van der Waals surface area contributed by atoms with Crippen molar-refractivity contribution in [1.29, 1.82) is 0 Å². The van der Waals surface area contributed by atoms with Crippen LogP contribution in [0.4, 0.5) is 0 Å². The Labute approximate surface area is 149 Å². The molecule has 100 valence electrons. The van der Waals surface area contributed by atoms with Gasteiger partial charge < -0.3 is 56.2 Å². The molecule has 0 rings (SSSR count). The molecule has 0 fully saturated rings. The molecule has 0 atom stereocenters. The van der Waals surface area contributed by atoms with Crippen LogP contribution in [0.3, 0.4) is 0 Å². The van der Waals surface area contributed by atoms with Crippen molar-refractivity contribution in [3.8, 4) is 0 Å². The molecule has 0 heterocycles. The quantitative estimate of drug-likeness (QED) is 0.256. The van der Waals surface area contributed by atoms with Crippen LogP contribution in [0, 0.1) is 25.4 Å². The van der Waals surface area contributed by atoms with Gasteiger partial charge in [-0.3, -0.25) is 0 Å². The minimum absolute atomic E-state index is 0. The molecule has 0 aromatic rings. The second-order valence-corrected chi connectivity index (χ2v) is 0.461. The monoisotopic (exact) mass is 298 g/mol. The molecule has 0 amide bonds. The van der Waals surface area contributed by atoms with Gasteiger partial charge >= 0.3 is 74.4 Å². The fourth-order valence-corrected chi connectivity index (χ4v) is 0. The predicted molar refractivity (Wildman–Crippen MR) is 48.8 cm³/mol. The third-order valence-electron chi connectivity index (χ3n) is 0. The Morgan fingerprint density at radius 3 is 0.812 bits per heavy atom.